The molecule has 1 heterocycles. The molecule has 0 unspecified atom stereocenters. The number of aromatic nitrogens is 2. The number of para-hydroxylation sites is 2. The first-order valence-corrected chi connectivity index (χ1v) is 10.5. The number of halogens is 2. The van der Waals surface area contributed by atoms with Crippen LogP contribution in [0.4, 0.5) is 14.5 Å². The Kier molecular flexibility index (Phi) is 6.44. The van der Waals surface area contributed by atoms with E-state index in [2.05, 4.69) is 10.4 Å². The molecule has 0 aliphatic rings. The van der Waals surface area contributed by atoms with Crippen LogP contribution in [0.3, 0.4) is 0 Å². The lowest BCUT2D eigenvalue weighted by Gasteiger charge is -2.21. The number of nitrogens with one attached hydrogen (secondary N) is 1. The van der Waals surface area contributed by atoms with Gasteiger partial charge in [0.1, 0.15) is 23.9 Å². The number of likely N-dealkylation sites (N-methyl/N-ethyl adjacent to an activating group) is 1. The minimum absolute atomic E-state index is 0.0224. The van der Waals surface area contributed by atoms with Crippen molar-refractivity contribution in [1.82, 2.24) is 14.7 Å². The van der Waals surface area contributed by atoms with E-state index in [9.17, 15) is 23.2 Å². The molecule has 0 saturated heterocycles. The second kappa shape index (κ2) is 9.62. The Labute approximate surface area is 193 Å². The molecule has 0 spiro atoms. The van der Waals surface area contributed by atoms with Crippen molar-refractivity contribution in [3.8, 4) is 5.69 Å². The Morgan fingerprint density at radius 2 is 1.53 bits per heavy atom. The van der Waals surface area contributed by atoms with Gasteiger partial charge in [0.25, 0.3) is 11.5 Å². The third-order valence-electron chi connectivity index (χ3n) is 5.24. The van der Waals surface area contributed by atoms with Gasteiger partial charge in [-0.05, 0) is 37.3 Å². The van der Waals surface area contributed by atoms with Gasteiger partial charge in [-0.1, -0.05) is 42.5 Å². The zero-order valence-corrected chi connectivity index (χ0v) is 18.2. The number of nitrogens with zero attached hydrogens (tertiary/aromatic N) is 3. The van der Waals surface area contributed by atoms with Gasteiger partial charge in [0.2, 0.25) is 5.91 Å². The second-order valence-electron chi connectivity index (χ2n) is 7.41. The Morgan fingerprint density at radius 1 is 0.912 bits per heavy atom. The highest BCUT2D eigenvalue weighted by atomic mass is 19.1. The summed E-state index contributed by atoms with van der Waals surface area (Å²) in [7, 11) is 0. The monoisotopic (exact) mass is 462 g/mol. The number of hydrogen-bond donors (Lipinski definition) is 1. The lowest BCUT2D eigenvalue weighted by atomic mass is 10.1. The molecule has 34 heavy (non-hydrogen) atoms. The summed E-state index contributed by atoms with van der Waals surface area (Å²) in [6.45, 7) is 1.31. The summed E-state index contributed by atoms with van der Waals surface area (Å²) < 4.78 is 28.9. The number of benzene rings is 3. The van der Waals surface area contributed by atoms with Crippen LogP contribution in [0.2, 0.25) is 0 Å². The van der Waals surface area contributed by atoms with Crippen LogP contribution in [-0.2, 0) is 4.79 Å². The fourth-order valence-corrected chi connectivity index (χ4v) is 3.54. The quantitative estimate of drug-likeness (QED) is 0.473. The molecule has 1 aromatic heterocycles. The molecule has 0 bridgehead atoms. The summed E-state index contributed by atoms with van der Waals surface area (Å²) in [5, 5.41) is 7.12. The summed E-state index contributed by atoms with van der Waals surface area (Å²) in [5.74, 6) is -3.23. The first-order chi connectivity index (χ1) is 16.4. The number of carbonyl (C=O) groups excluding carboxylic acids is 2. The van der Waals surface area contributed by atoms with Crippen molar-refractivity contribution < 1.29 is 18.4 Å². The topological polar surface area (TPSA) is 84.3 Å². The van der Waals surface area contributed by atoms with E-state index in [1.165, 1.54) is 11.0 Å². The van der Waals surface area contributed by atoms with Gasteiger partial charge in [-0.3, -0.25) is 14.4 Å². The Bertz CT molecular complexity index is 1420. The SMILES string of the molecule is CCN(CC(=O)Nc1c(F)cccc1F)C(=O)c1nn(-c2ccccc2)c(=O)c2ccccc12. The highest BCUT2D eigenvalue weighted by Crippen LogP contribution is 2.19. The van der Waals surface area contributed by atoms with Gasteiger partial charge >= 0.3 is 0 Å². The summed E-state index contributed by atoms with van der Waals surface area (Å²) >= 11 is 0. The van der Waals surface area contributed by atoms with Gasteiger partial charge < -0.3 is 10.2 Å². The Hall–Kier alpha value is -4.40. The molecule has 0 radical (unpaired) electrons. The minimum atomic E-state index is -0.926. The van der Waals surface area contributed by atoms with E-state index in [0.29, 0.717) is 16.5 Å². The molecule has 7 nitrogen and oxygen atoms in total. The average molecular weight is 462 g/mol. The minimum Gasteiger partial charge on any atom is -0.328 e. The summed E-state index contributed by atoms with van der Waals surface area (Å²) in [6.07, 6.45) is 0. The van der Waals surface area contributed by atoms with E-state index in [1.807, 2.05) is 0 Å². The maximum atomic E-state index is 13.9. The van der Waals surface area contributed by atoms with Crippen molar-refractivity contribution in [3.63, 3.8) is 0 Å². The first-order valence-electron chi connectivity index (χ1n) is 10.5. The van der Waals surface area contributed by atoms with E-state index in [4.69, 9.17) is 0 Å². The van der Waals surface area contributed by atoms with Gasteiger partial charge in [-0.25, -0.2) is 8.78 Å². The van der Waals surface area contributed by atoms with Crippen LogP contribution < -0.4 is 10.9 Å². The molecule has 4 aromatic rings. The van der Waals surface area contributed by atoms with Crippen LogP contribution >= 0.6 is 0 Å². The van der Waals surface area contributed by atoms with E-state index < -0.39 is 41.2 Å². The van der Waals surface area contributed by atoms with Crippen LogP contribution in [0.15, 0.2) is 77.6 Å². The molecule has 3 aromatic carbocycles. The van der Waals surface area contributed by atoms with Gasteiger partial charge in [0, 0.05) is 11.9 Å². The van der Waals surface area contributed by atoms with Crippen molar-refractivity contribution in [2.75, 3.05) is 18.4 Å². The highest BCUT2D eigenvalue weighted by molar-refractivity contribution is 6.06. The number of amides is 2. The van der Waals surface area contributed by atoms with Crippen LogP contribution in [0.1, 0.15) is 17.4 Å². The molecule has 1 N–H and O–H groups in total. The van der Waals surface area contributed by atoms with Crippen LogP contribution in [0.5, 0.6) is 0 Å². The third kappa shape index (κ3) is 4.40. The summed E-state index contributed by atoms with van der Waals surface area (Å²) in [4.78, 5) is 40.2. The number of rotatable bonds is 6. The van der Waals surface area contributed by atoms with E-state index in [1.54, 1.807) is 61.5 Å². The normalized spacial score (nSPS) is 10.8. The van der Waals surface area contributed by atoms with Crippen molar-refractivity contribution in [2.24, 2.45) is 0 Å². The zero-order chi connectivity index (χ0) is 24.2. The van der Waals surface area contributed by atoms with E-state index >= 15 is 0 Å². The predicted molar refractivity (Wildman–Crippen MR) is 124 cm³/mol. The van der Waals surface area contributed by atoms with Crippen LogP contribution in [-0.4, -0.2) is 39.6 Å². The maximum absolute atomic E-state index is 13.9. The molecule has 0 atom stereocenters. The molecule has 0 saturated carbocycles. The fraction of sp³-hybridized carbons (Fsp3) is 0.120. The largest absolute Gasteiger partial charge is 0.328 e. The van der Waals surface area contributed by atoms with Crippen molar-refractivity contribution in [3.05, 3.63) is 100 Å². The number of carbonyl (C=O) groups is 2. The van der Waals surface area contributed by atoms with E-state index in [-0.39, 0.29) is 12.2 Å². The first kappa shape index (κ1) is 22.8. The van der Waals surface area contributed by atoms with Crippen molar-refractivity contribution in [2.45, 2.75) is 6.92 Å². The molecular weight excluding hydrogens is 442 g/mol. The second-order valence-corrected chi connectivity index (χ2v) is 7.41. The Balaban J connectivity index is 1.70. The van der Waals surface area contributed by atoms with Gasteiger partial charge in [-0.2, -0.15) is 9.78 Å². The molecule has 0 aliphatic carbocycles. The van der Waals surface area contributed by atoms with E-state index in [0.717, 1.165) is 16.8 Å². The van der Waals surface area contributed by atoms with Gasteiger partial charge in [0.05, 0.1) is 11.1 Å². The third-order valence-corrected chi connectivity index (χ3v) is 5.24. The maximum Gasteiger partial charge on any atom is 0.279 e. The zero-order valence-electron chi connectivity index (χ0n) is 18.2. The predicted octanol–water partition coefficient (Wildman–Crippen LogP) is 3.76. The standard InChI is InChI=1S/C25H20F2N4O3/c1-2-30(15-21(32)28-23-19(26)13-8-14-20(23)27)25(34)22-17-11-6-7-12-18(17)24(33)31(29-22)16-9-4-3-5-10-16/h3-14H,2,15H2,1H3,(H,28,32). The molecule has 2 amide bonds. The van der Waals surface area contributed by atoms with Gasteiger partial charge in [0.15, 0.2) is 5.69 Å². The molecule has 9 heteroatoms. The summed E-state index contributed by atoms with van der Waals surface area (Å²) in [6, 6.07) is 18.4. The lowest BCUT2D eigenvalue weighted by molar-refractivity contribution is -0.116. The van der Waals surface area contributed by atoms with Crippen LogP contribution in [0.25, 0.3) is 16.5 Å². The fourth-order valence-electron chi connectivity index (χ4n) is 3.54. The highest BCUT2D eigenvalue weighted by Gasteiger charge is 2.24. The van der Waals surface area contributed by atoms with Crippen LogP contribution in [0, 0.1) is 11.6 Å². The number of anilines is 1. The Morgan fingerprint density at radius 3 is 2.18 bits per heavy atom. The summed E-state index contributed by atoms with van der Waals surface area (Å²) in [5.41, 5.74) is -0.528. The van der Waals surface area contributed by atoms with Gasteiger partial charge in [-0.15, -0.1) is 0 Å². The molecular formula is C25H20F2N4O3. The van der Waals surface area contributed by atoms with Crippen molar-refractivity contribution >= 4 is 28.3 Å². The number of hydrogen-bond acceptors (Lipinski definition) is 4. The molecule has 4 rings (SSSR count). The van der Waals surface area contributed by atoms with Crippen molar-refractivity contribution in [1.29, 1.82) is 0 Å². The lowest BCUT2D eigenvalue weighted by Crippen LogP contribution is -2.39. The number of fused-ring (bicyclic) bond motifs is 1. The molecule has 0 fully saturated rings. The smallest absolute Gasteiger partial charge is 0.279 e. The average Bonchev–Trinajstić information content (AvgIpc) is 2.85. The molecule has 172 valence electrons. The molecule has 0 aliphatic heterocycles.